The minimum atomic E-state index is 0. The summed E-state index contributed by atoms with van der Waals surface area (Å²) in [5.74, 6) is 2.90. The van der Waals surface area contributed by atoms with E-state index in [9.17, 15) is 0 Å². The van der Waals surface area contributed by atoms with Gasteiger partial charge in [0.1, 0.15) is 5.82 Å². The first kappa shape index (κ1) is 20.7. The third-order valence-corrected chi connectivity index (χ3v) is 4.26. The molecule has 144 valence electrons. The van der Waals surface area contributed by atoms with Gasteiger partial charge in [-0.1, -0.05) is 6.92 Å². The van der Waals surface area contributed by atoms with Crippen molar-refractivity contribution in [3.05, 3.63) is 29.6 Å². The van der Waals surface area contributed by atoms with Crippen LogP contribution < -0.4 is 10.6 Å². The number of halogens is 1. The summed E-state index contributed by atoms with van der Waals surface area (Å²) < 4.78 is 3.97. The van der Waals surface area contributed by atoms with Crippen LogP contribution in [-0.2, 0) is 25.9 Å². The lowest BCUT2D eigenvalue weighted by Crippen LogP contribution is -2.47. The first-order chi connectivity index (χ1) is 12.2. The highest BCUT2D eigenvalue weighted by Gasteiger charge is 2.21. The summed E-state index contributed by atoms with van der Waals surface area (Å²) in [7, 11) is 0. The molecule has 2 N–H and O–H groups in total. The molecule has 0 aliphatic carbocycles. The minimum Gasteiger partial charge on any atom is -0.357 e. The van der Waals surface area contributed by atoms with Crippen LogP contribution in [0.1, 0.15) is 37.5 Å². The lowest BCUT2D eigenvalue weighted by Gasteiger charge is -2.25. The van der Waals surface area contributed by atoms with Crippen LogP contribution in [0.2, 0.25) is 0 Å². The van der Waals surface area contributed by atoms with Gasteiger partial charge in [-0.3, -0.25) is 9.67 Å². The maximum atomic E-state index is 4.68. The Balaban J connectivity index is 0.00000243. The average molecular weight is 472 g/mol. The highest BCUT2D eigenvalue weighted by atomic mass is 127. The Kier molecular flexibility index (Phi) is 7.85. The van der Waals surface area contributed by atoms with E-state index in [0.717, 1.165) is 56.5 Å². The number of fused-ring (bicyclic) bond motifs is 1. The van der Waals surface area contributed by atoms with Crippen LogP contribution in [0, 0.1) is 6.92 Å². The number of hydrogen-bond acceptors (Lipinski definition) is 4. The smallest absolute Gasteiger partial charge is 0.191 e. The molecule has 0 radical (unpaired) electrons. The van der Waals surface area contributed by atoms with Crippen LogP contribution in [0.25, 0.3) is 0 Å². The number of rotatable bonds is 6. The zero-order valence-electron chi connectivity index (χ0n) is 15.8. The topological polar surface area (TPSA) is 84.9 Å². The van der Waals surface area contributed by atoms with Crippen molar-refractivity contribution in [2.24, 2.45) is 4.99 Å². The fourth-order valence-electron chi connectivity index (χ4n) is 3.00. The van der Waals surface area contributed by atoms with E-state index in [1.807, 2.05) is 28.7 Å². The summed E-state index contributed by atoms with van der Waals surface area (Å²) in [5.41, 5.74) is 1.17. The lowest BCUT2D eigenvalue weighted by molar-refractivity contribution is 0.392. The van der Waals surface area contributed by atoms with Gasteiger partial charge in [0.25, 0.3) is 0 Å². The van der Waals surface area contributed by atoms with Crippen LogP contribution in [0.15, 0.2) is 17.4 Å². The van der Waals surface area contributed by atoms with Crippen molar-refractivity contribution in [1.29, 1.82) is 0 Å². The van der Waals surface area contributed by atoms with E-state index in [1.54, 1.807) is 0 Å². The van der Waals surface area contributed by atoms with Crippen LogP contribution in [-0.4, -0.2) is 49.6 Å². The van der Waals surface area contributed by atoms with E-state index in [2.05, 4.69) is 44.7 Å². The van der Waals surface area contributed by atoms with Crippen molar-refractivity contribution in [3.63, 3.8) is 0 Å². The molecule has 0 bridgehead atoms. The molecule has 9 heteroatoms. The van der Waals surface area contributed by atoms with Gasteiger partial charge in [-0.25, -0.2) is 9.67 Å². The fourth-order valence-corrected chi connectivity index (χ4v) is 3.00. The number of aliphatic imine (C=N–C) groups is 1. The second kappa shape index (κ2) is 9.89. The van der Waals surface area contributed by atoms with Crippen molar-refractivity contribution < 1.29 is 0 Å². The van der Waals surface area contributed by atoms with Gasteiger partial charge >= 0.3 is 0 Å². The zero-order chi connectivity index (χ0) is 17.6. The Hall–Kier alpha value is -1.65. The van der Waals surface area contributed by atoms with Crippen molar-refractivity contribution in [2.75, 3.05) is 13.1 Å². The summed E-state index contributed by atoms with van der Waals surface area (Å²) >= 11 is 0. The van der Waals surface area contributed by atoms with Gasteiger partial charge in [-0.2, -0.15) is 10.2 Å². The largest absolute Gasteiger partial charge is 0.357 e. The number of nitrogens with zero attached hydrogens (tertiary/aromatic N) is 6. The maximum absolute atomic E-state index is 4.68. The third-order valence-electron chi connectivity index (χ3n) is 4.26. The van der Waals surface area contributed by atoms with Crippen molar-refractivity contribution in [3.8, 4) is 0 Å². The van der Waals surface area contributed by atoms with E-state index in [0.29, 0.717) is 12.6 Å². The highest BCUT2D eigenvalue weighted by molar-refractivity contribution is 14.0. The summed E-state index contributed by atoms with van der Waals surface area (Å²) in [5, 5.41) is 15.7. The summed E-state index contributed by atoms with van der Waals surface area (Å²) in [4.78, 5) is 9.25. The number of aryl methyl sites for hydroxylation is 3. The van der Waals surface area contributed by atoms with E-state index in [1.165, 1.54) is 5.56 Å². The molecule has 8 nitrogen and oxygen atoms in total. The van der Waals surface area contributed by atoms with Crippen molar-refractivity contribution in [2.45, 2.75) is 59.2 Å². The van der Waals surface area contributed by atoms with Crippen molar-refractivity contribution >= 4 is 29.9 Å². The Morgan fingerprint density at radius 2 is 2.23 bits per heavy atom. The molecule has 1 aliphatic heterocycles. The normalized spacial score (nSPS) is 16.7. The van der Waals surface area contributed by atoms with Gasteiger partial charge in [-0.05, 0) is 25.8 Å². The van der Waals surface area contributed by atoms with E-state index < -0.39 is 0 Å². The molecule has 0 amide bonds. The molecule has 0 saturated heterocycles. The lowest BCUT2D eigenvalue weighted by atomic mass is 10.1. The Morgan fingerprint density at radius 1 is 1.38 bits per heavy atom. The van der Waals surface area contributed by atoms with Crippen LogP contribution >= 0.6 is 24.0 Å². The molecule has 3 rings (SSSR count). The van der Waals surface area contributed by atoms with Crippen LogP contribution in [0.5, 0.6) is 0 Å². The van der Waals surface area contributed by atoms with Gasteiger partial charge in [0.15, 0.2) is 11.8 Å². The SMILES string of the molecule is CCNC(=NCCn1cc(C)cn1)NC1CCc2nc(CC)nn2C1.I. The molecular formula is C17H29IN8. The molecule has 2 aromatic rings. The zero-order valence-corrected chi connectivity index (χ0v) is 18.1. The fraction of sp³-hybridized carbons (Fsp3) is 0.647. The van der Waals surface area contributed by atoms with Gasteiger partial charge in [-0.15, -0.1) is 24.0 Å². The maximum Gasteiger partial charge on any atom is 0.191 e. The molecule has 0 saturated carbocycles. The third kappa shape index (κ3) is 5.42. The Bertz CT molecular complexity index is 720. The van der Waals surface area contributed by atoms with Gasteiger partial charge in [0.05, 0.1) is 25.8 Å². The summed E-state index contributed by atoms with van der Waals surface area (Å²) in [6.07, 6.45) is 6.79. The first-order valence-corrected chi connectivity index (χ1v) is 9.14. The predicted octanol–water partition coefficient (Wildman–Crippen LogP) is 1.53. The van der Waals surface area contributed by atoms with Crippen molar-refractivity contribution in [1.82, 2.24) is 35.2 Å². The summed E-state index contributed by atoms with van der Waals surface area (Å²) in [6.45, 7) is 9.37. The number of guanidine groups is 1. The van der Waals surface area contributed by atoms with Crippen LogP contribution in [0.3, 0.4) is 0 Å². The quantitative estimate of drug-likeness (QED) is 0.379. The molecular weight excluding hydrogens is 443 g/mol. The molecule has 0 aromatic carbocycles. The van der Waals surface area contributed by atoms with E-state index in [-0.39, 0.29) is 24.0 Å². The van der Waals surface area contributed by atoms with Gasteiger partial charge in [0, 0.05) is 31.6 Å². The van der Waals surface area contributed by atoms with Crippen LogP contribution in [0.4, 0.5) is 0 Å². The van der Waals surface area contributed by atoms with E-state index >= 15 is 0 Å². The minimum absolute atomic E-state index is 0. The molecule has 1 atom stereocenters. The molecule has 0 fully saturated rings. The Morgan fingerprint density at radius 3 is 2.92 bits per heavy atom. The van der Waals surface area contributed by atoms with E-state index in [4.69, 9.17) is 0 Å². The highest BCUT2D eigenvalue weighted by Crippen LogP contribution is 2.13. The average Bonchev–Trinajstić information content (AvgIpc) is 3.20. The molecule has 26 heavy (non-hydrogen) atoms. The number of hydrogen-bond donors (Lipinski definition) is 2. The molecule has 3 heterocycles. The first-order valence-electron chi connectivity index (χ1n) is 9.14. The predicted molar refractivity (Wildman–Crippen MR) is 113 cm³/mol. The molecule has 1 aliphatic rings. The standard InChI is InChI=1S/C17H28N8.HI/c1-4-15-22-16-7-6-14(12-25(16)23-15)21-17(18-5-2)19-8-9-24-11-13(3)10-20-24;/h10-11,14H,4-9,12H2,1-3H3,(H2,18,19,21);1H. The van der Waals surface area contributed by atoms with Gasteiger partial charge in [0.2, 0.25) is 0 Å². The molecule has 2 aromatic heterocycles. The summed E-state index contributed by atoms with van der Waals surface area (Å²) in [6, 6.07) is 0.323. The Labute approximate surface area is 171 Å². The van der Waals surface area contributed by atoms with Gasteiger partial charge < -0.3 is 10.6 Å². The number of aromatic nitrogens is 5. The molecule has 1 unspecified atom stereocenters. The number of nitrogens with one attached hydrogen (secondary N) is 2. The monoisotopic (exact) mass is 472 g/mol. The second-order valence-corrected chi connectivity index (χ2v) is 6.40. The molecule has 0 spiro atoms. The second-order valence-electron chi connectivity index (χ2n) is 6.40.